The molecule has 0 saturated carbocycles. The summed E-state index contributed by atoms with van der Waals surface area (Å²) < 4.78 is 50.8. The third-order valence-electron chi connectivity index (χ3n) is 6.05. The van der Waals surface area contributed by atoms with Crippen LogP contribution < -0.4 is 15.4 Å². The maximum absolute atomic E-state index is 13.3. The molecule has 0 aliphatic carbocycles. The minimum atomic E-state index is -4.62. The highest BCUT2D eigenvalue weighted by molar-refractivity contribution is 5.98. The molecule has 1 amide bonds. The number of rotatable bonds is 5. The number of methoxy groups -OCH3 is 1. The van der Waals surface area contributed by atoms with E-state index in [1.54, 1.807) is 29.4 Å². The van der Waals surface area contributed by atoms with Crippen LogP contribution in [0.2, 0.25) is 0 Å². The molecule has 4 heterocycles. The molecule has 3 aromatic heterocycles. The van der Waals surface area contributed by atoms with Crippen molar-refractivity contribution in [3.63, 3.8) is 0 Å². The Morgan fingerprint density at radius 1 is 1.08 bits per heavy atom. The average molecular weight is 513 g/mol. The number of nitrogens with zero attached hydrogens (tertiary/aromatic N) is 6. The number of pyridine rings is 1. The van der Waals surface area contributed by atoms with Crippen molar-refractivity contribution in [1.82, 2.24) is 24.8 Å². The summed E-state index contributed by atoms with van der Waals surface area (Å²) in [5, 5.41) is 0.327. The lowest BCUT2D eigenvalue weighted by molar-refractivity contribution is -0.140. The fourth-order valence-electron chi connectivity index (χ4n) is 4.19. The van der Waals surface area contributed by atoms with Gasteiger partial charge in [0, 0.05) is 49.5 Å². The maximum atomic E-state index is 13.3. The third-order valence-corrected chi connectivity index (χ3v) is 6.05. The topological polar surface area (TPSA) is 124 Å². The van der Waals surface area contributed by atoms with Gasteiger partial charge in [0.25, 0.3) is 5.91 Å². The number of carbonyl (C=O) groups excluding carboxylic acids is 1. The molecule has 10 nitrogen and oxygen atoms in total. The molecule has 13 heteroatoms. The number of halogens is 3. The first-order chi connectivity index (χ1) is 17.8. The van der Waals surface area contributed by atoms with E-state index in [9.17, 15) is 18.0 Å². The van der Waals surface area contributed by atoms with Crippen LogP contribution in [0.1, 0.15) is 21.9 Å². The first kappa shape index (κ1) is 24.4. The van der Waals surface area contributed by atoms with E-state index < -0.39 is 11.9 Å². The van der Waals surface area contributed by atoms with Gasteiger partial charge >= 0.3 is 6.18 Å². The molecule has 1 aliphatic heterocycles. The number of ether oxygens (including phenoxy) is 1. The molecule has 0 spiro atoms. The number of alkyl halides is 3. The van der Waals surface area contributed by atoms with Crippen molar-refractivity contribution in [2.45, 2.75) is 12.7 Å². The van der Waals surface area contributed by atoms with E-state index in [0.717, 1.165) is 6.07 Å². The Morgan fingerprint density at radius 2 is 1.81 bits per heavy atom. The standard InChI is InChI=1S/C24H22F3N7O3/c1-36-16-5-3-15(14-4-6-18(24(25,26)27)31-19(14)16)21-32-20(17(13-28)37-21)22(35)33-9-11-34(12-10-33)23-29-7-2-8-30-23/h2-8H,9-13,28H2,1H3. The van der Waals surface area contributed by atoms with Gasteiger partial charge in [-0.05, 0) is 30.3 Å². The smallest absolute Gasteiger partial charge is 0.433 e. The van der Waals surface area contributed by atoms with Crippen molar-refractivity contribution in [3.05, 3.63) is 59.9 Å². The normalized spacial score (nSPS) is 14.3. The Morgan fingerprint density at radius 3 is 2.46 bits per heavy atom. The summed E-state index contributed by atoms with van der Waals surface area (Å²) in [6.45, 7) is 1.82. The number of oxazole rings is 1. The van der Waals surface area contributed by atoms with Crippen LogP contribution in [0.4, 0.5) is 19.1 Å². The molecule has 0 atom stereocenters. The molecular weight excluding hydrogens is 491 g/mol. The van der Waals surface area contributed by atoms with Crippen LogP contribution in [-0.2, 0) is 12.7 Å². The molecule has 4 aromatic rings. The minimum absolute atomic E-state index is 0.00514. The van der Waals surface area contributed by atoms with E-state index in [4.69, 9.17) is 14.9 Å². The van der Waals surface area contributed by atoms with Gasteiger partial charge in [0.1, 0.15) is 17.0 Å². The largest absolute Gasteiger partial charge is 0.494 e. The minimum Gasteiger partial charge on any atom is -0.494 e. The van der Waals surface area contributed by atoms with Crippen LogP contribution in [0, 0.1) is 0 Å². The second-order valence-corrected chi connectivity index (χ2v) is 8.23. The SMILES string of the molecule is COc1ccc(-c2nc(C(=O)N3CCN(c4ncccn4)CC3)c(CN)o2)c2ccc(C(F)(F)F)nc12. The Bertz CT molecular complexity index is 1440. The number of hydrogen-bond acceptors (Lipinski definition) is 9. The first-order valence-electron chi connectivity index (χ1n) is 11.4. The second-order valence-electron chi connectivity index (χ2n) is 8.23. The number of anilines is 1. The molecule has 1 aliphatic rings. The zero-order chi connectivity index (χ0) is 26.2. The van der Waals surface area contributed by atoms with Gasteiger partial charge in [-0.1, -0.05) is 0 Å². The van der Waals surface area contributed by atoms with Crippen molar-refractivity contribution < 1.29 is 27.1 Å². The lowest BCUT2D eigenvalue weighted by atomic mass is 10.1. The van der Waals surface area contributed by atoms with Gasteiger partial charge in [-0.3, -0.25) is 4.79 Å². The molecule has 1 fully saturated rings. The highest BCUT2D eigenvalue weighted by Crippen LogP contribution is 2.37. The molecule has 2 N–H and O–H groups in total. The number of hydrogen-bond donors (Lipinski definition) is 1. The summed E-state index contributed by atoms with van der Waals surface area (Å²) in [5.74, 6) is 0.632. The molecule has 1 aromatic carbocycles. The van der Waals surface area contributed by atoms with Crippen LogP contribution in [-0.4, -0.2) is 64.0 Å². The molecule has 1 saturated heterocycles. The summed E-state index contributed by atoms with van der Waals surface area (Å²) in [7, 11) is 1.34. The van der Waals surface area contributed by atoms with Crippen molar-refractivity contribution >= 4 is 22.8 Å². The van der Waals surface area contributed by atoms with Crippen LogP contribution in [0.15, 0.2) is 47.1 Å². The maximum Gasteiger partial charge on any atom is 0.433 e. The van der Waals surface area contributed by atoms with Crippen molar-refractivity contribution in [1.29, 1.82) is 0 Å². The Kier molecular flexibility index (Phi) is 6.38. The van der Waals surface area contributed by atoms with Crippen LogP contribution in [0.25, 0.3) is 22.4 Å². The summed E-state index contributed by atoms with van der Waals surface area (Å²) in [5.41, 5.74) is 5.21. The summed E-state index contributed by atoms with van der Waals surface area (Å²) >= 11 is 0. The molecule has 0 unspecified atom stereocenters. The zero-order valence-corrected chi connectivity index (χ0v) is 19.7. The molecule has 0 radical (unpaired) electrons. The molecule has 5 rings (SSSR count). The monoisotopic (exact) mass is 513 g/mol. The summed E-state index contributed by atoms with van der Waals surface area (Å²) in [6.07, 6.45) is -1.31. The van der Waals surface area contributed by atoms with E-state index in [0.29, 0.717) is 43.1 Å². The average Bonchev–Trinajstić information content (AvgIpc) is 3.36. The lowest BCUT2D eigenvalue weighted by Crippen LogP contribution is -2.49. The lowest BCUT2D eigenvalue weighted by Gasteiger charge is -2.34. The van der Waals surface area contributed by atoms with Crippen LogP contribution in [0.3, 0.4) is 0 Å². The van der Waals surface area contributed by atoms with E-state index in [1.165, 1.54) is 19.2 Å². The van der Waals surface area contributed by atoms with Crippen molar-refractivity contribution in [3.8, 4) is 17.2 Å². The van der Waals surface area contributed by atoms with Crippen LogP contribution >= 0.6 is 0 Å². The number of benzene rings is 1. The molecule has 0 bridgehead atoms. The predicted octanol–water partition coefficient (Wildman–Crippen LogP) is 3.13. The number of carbonyl (C=O) groups is 1. The molecule has 37 heavy (non-hydrogen) atoms. The fourth-order valence-corrected chi connectivity index (χ4v) is 4.19. The third kappa shape index (κ3) is 4.65. The van der Waals surface area contributed by atoms with E-state index in [-0.39, 0.29) is 41.1 Å². The Balaban J connectivity index is 1.45. The van der Waals surface area contributed by atoms with Gasteiger partial charge in [0.15, 0.2) is 11.5 Å². The number of aromatic nitrogens is 4. The Hall–Kier alpha value is -4.26. The van der Waals surface area contributed by atoms with Gasteiger partial charge in [-0.25, -0.2) is 19.9 Å². The number of amides is 1. The van der Waals surface area contributed by atoms with Gasteiger partial charge in [-0.15, -0.1) is 0 Å². The quantitative estimate of drug-likeness (QED) is 0.429. The summed E-state index contributed by atoms with van der Waals surface area (Å²) in [4.78, 5) is 33.6. The molecule has 192 valence electrons. The highest BCUT2D eigenvalue weighted by atomic mass is 19.4. The first-order valence-corrected chi connectivity index (χ1v) is 11.4. The van der Waals surface area contributed by atoms with Gasteiger partial charge in [-0.2, -0.15) is 13.2 Å². The highest BCUT2D eigenvalue weighted by Gasteiger charge is 2.33. The summed E-state index contributed by atoms with van der Waals surface area (Å²) in [6, 6.07) is 6.96. The van der Waals surface area contributed by atoms with Gasteiger partial charge in [0.2, 0.25) is 11.8 Å². The number of fused-ring (bicyclic) bond motifs is 1. The van der Waals surface area contributed by atoms with E-state index in [1.807, 2.05) is 4.90 Å². The van der Waals surface area contributed by atoms with Gasteiger partial charge in [0.05, 0.1) is 13.7 Å². The predicted molar refractivity (Wildman–Crippen MR) is 127 cm³/mol. The van der Waals surface area contributed by atoms with E-state index >= 15 is 0 Å². The van der Waals surface area contributed by atoms with E-state index in [2.05, 4.69) is 19.9 Å². The number of piperazine rings is 1. The van der Waals surface area contributed by atoms with Crippen molar-refractivity contribution in [2.75, 3.05) is 38.2 Å². The van der Waals surface area contributed by atoms with Crippen LogP contribution in [0.5, 0.6) is 5.75 Å². The second kappa shape index (κ2) is 9.65. The van der Waals surface area contributed by atoms with Crippen molar-refractivity contribution in [2.24, 2.45) is 5.73 Å². The zero-order valence-electron chi connectivity index (χ0n) is 19.7. The number of nitrogens with two attached hydrogens (primary N) is 1. The van der Waals surface area contributed by atoms with Gasteiger partial charge < -0.3 is 24.7 Å². The fraction of sp³-hybridized carbons (Fsp3) is 0.292. The molecular formula is C24H22F3N7O3. The Labute approximate surface area is 208 Å².